The molecule has 1 aromatic carbocycles. The van der Waals surface area contributed by atoms with Gasteiger partial charge in [-0.25, -0.2) is 0 Å². The van der Waals surface area contributed by atoms with Crippen LogP contribution >= 0.6 is 0 Å². The van der Waals surface area contributed by atoms with Crippen LogP contribution in [-0.2, 0) is 0 Å². The Kier molecular flexibility index (Phi) is 4.24. The minimum atomic E-state index is 0.231. The molecule has 2 nitrogen and oxygen atoms in total. The summed E-state index contributed by atoms with van der Waals surface area (Å²) in [5, 5.41) is 0. The average Bonchev–Trinajstić information content (AvgIpc) is 2.46. The molecule has 0 saturated heterocycles. The Morgan fingerprint density at radius 2 is 1.89 bits per heavy atom. The summed E-state index contributed by atoms with van der Waals surface area (Å²) in [6, 6.07) is 11.7. The number of hydrogen-bond donors (Lipinski definition) is 0. The fraction of sp³-hybridized carbons (Fsp3) is 0.250. The zero-order valence-corrected chi connectivity index (χ0v) is 10.6. The monoisotopic (exact) mass is 239 g/mol. The van der Waals surface area contributed by atoms with E-state index in [2.05, 4.69) is 11.9 Å². The standard InChI is InChI=1S/C16H17NO/c1-2-3-6-16(18)14-9-7-13(8-10-14)15-5-4-11-17-12-15/h4-5,7-12H,2-3,6H2,1H3. The predicted octanol–water partition coefficient (Wildman–Crippen LogP) is 4.12. The van der Waals surface area contributed by atoms with Crippen molar-refractivity contribution in [2.45, 2.75) is 26.2 Å². The zero-order valence-electron chi connectivity index (χ0n) is 10.6. The molecule has 0 aliphatic carbocycles. The first-order chi connectivity index (χ1) is 8.81. The van der Waals surface area contributed by atoms with Crippen molar-refractivity contribution in [3.63, 3.8) is 0 Å². The van der Waals surface area contributed by atoms with E-state index in [0.717, 1.165) is 29.5 Å². The molecule has 0 fully saturated rings. The number of hydrogen-bond acceptors (Lipinski definition) is 2. The van der Waals surface area contributed by atoms with Gasteiger partial charge in [0.25, 0.3) is 0 Å². The third kappa shape index (κ3) is 3.04. The highest BCUT2D eigenvalue weighted by molar-refractivity contribution is 5.96. The number of carbonyl (C=O) groups excluding carboxylic acids is 1. The van der Waals surface area contributed by atoms with Crippen molar-refractivity contribution in [3.8, 4) is 11.1 Å². The molecule has 0 N–H and O–H groups in total. The average molecular weight is 239 g/mol. The molecule has 0 atom stereocenters. The molecular formula is C16H17NO. The van der Waals surface area contributed by atoms with Crippen molar-refractivity contribution in [1.82, 2.24) is 4.98 Å². The molecule has 0 aliphatic heterocycles. The second kappa shape index (κ2) is 6.10. The van der Waals surface area contributed by atoms with Crippen LogP contribution in [0.5, 0.6) is 0 Å². The van der Waals surface area contributed by atoms with E-state index in [1.54, 1.807) is 6.20 Å². The van der Waals surface area contributed by atoms with E-state index in [-0.39, 0.29) is 5.78 Å². The van der Waals surface area contributed by atoms with Gasteiger partial charge in [-0.05, 0) is 23.6 Å². The normalized spacial score (nSPS) is 10.3. The van der Waals surface area contributed by atoms with Gasteiger partial charge in [0.05, 0.1) is 0 Å². The van der Waals surface area contributed by atoms with Crippen LogP contribution in [0.1, 0.15) is 36.5 Å². The van der Waals surface area contributed by atoms with Crippen LogP contribution in [0, 0.1) is 0 Å². The van der Waals surface area contributed by atoms with E-state index in [0.29, 0.717) is 6.42 Å². The summed E-state index contributed by atoms with van der Waals surface area (Å²) < 4.78 is 0. The maximum Gasteiger partial charge on any atom is 0.162 e. The first kappa shape index (κ1) is 12.5. The van der Waals surface area contributed by atoms with Gasteiger partial charge in [0.1, 0.15) is 0 Å². The van der Waals surface area contributed by atoms with Gasteiger partial charge in [-0.1, -0.05) is 43.7 Å². The van der Waals surface area contributed by atoms with E-state index < -0.39 is 0 Å². The van der Waals surface area contributed by atoms with Crippen LogP contribution in [0.2, 0.25) is 0 Å². The largest absolute Gasteiger partial charge is 0.294 e. The highest BCUT2D eigenvalue weighted by atomic mass is 16.1. The molecule has 0 radical (unpaired) electrons. The summed E-state index contributed by atoms with van der Waals surface area (Å²) in [6.45, 7) is 2.10. The van der Waals surface area contributed by atoms with Crippen LogP contribution in [0.3, 0.4) is 0 Å². The van der Waals surface area contributed by atoms with E-state index in [9.17, 15) is 4.79 Å². The highest BCUT2D eigenvalue weighted by Crippen LogP contribution is 2.19. The molecular weight excluding hydrogens is 222 g/mol. The molecule has 18 heavy (non-hydrogen) atoms. The molecule has 92 valence electrons. The molecule has 0 bridgehead atoms. The Bertz CT molecular complexity index is 502. The Morgan fingerprint density at radius 1 is 1.11 bits per heavy atom. The van der Waals surface area contributed by atoms with Crippen LogP contribution in [0.15, 0.2) is 48.8 Å². The number of aromatic nitrogens is 1. The zero-order chi connectivity index (χ0) is 12.8. The molecule has 2 heteroatoms. The smallest absolute Gasteiger partial charge is 0.162 e. The lowest BCUT2D eigenvalue weighted by Gasteiger charge is -2.03. The van der Waals surface area contributed by atoms with Crippen LogP contribution in [0.4, 0.5) is 0 Å². The summed E-state index contributed by atoms with van der Waals surface area (Å²) in [5.41, 5.74) is 2.97. The van der Waals surface area contributed by atoms with Crippen LogP contribution in [0.25, 0.3) is 11.1 Å². The van der Waals surface area contributed by atoms with Gasteiger partial charge in [-0.2, -0.15) is 0 Å². The van der Waals surface area contributed by atoms with Gasteiger partial charge in [0.2, 0.25) is 0 Å². The van der Waals surface area contributed by atoms with Crippen molar-refractivity contribution < 1.29 is 4.79 Å². The summed E-state index contributed by atoms with van der Waals surface area (Å²) in [7, 11) is 0. The molecule has 2 rings (SSSR count). The maximum atomic E-state index is 11.8. The third-order valence-corrected chi connectivity index (χ3v) is 2.96. The van der Waals surface area contributed by atoms with Gasteiger partial charge in [0.15, 0.2) is 5.78 Å². The van der Waals surface area contributed by atoms with Gasteiger partial charge < -0.3 is 0 Å². The van der Waals surface area contributed by atoms with Crippen LogP contribution < -0.4 is 0 Å². The van der Waals surface area contributed by atoms with Gasteiger partial charge >= 0.3 is 0 Å². The first-order valence-electron chi connectivity index (χ1n) is 6.35. The quantitative estimate of drug-likeness (QED) is 0.734. The number of pyridine rings is 1. The molecule has 0 unspecified atom stereocenters. The first-order valence-corrected chi connectivity index (χ1v) is 6.35. The Hall–Kier alpha value is -1.96. The molecule has 1 aromatic heterocycles. The summed E-state index contributed by atoms with van der Waals surface area (Å²) in [4.78, 5) is 15.9. The lowest BCUT2D eigenvalue weighted by Crippen LogP contribution is -1.98. The summed E-state index contributed by atoms with van der Waals surface area (Å²) in [6.07, 6.45) is 6.24. The molecule has 0 saturated carbocycles. The van der Waals surface area contributed by atoms with Crippen molar-refractivity contribution in [2.24, 2.45) is 0 Å². The van der Waals surface area contributed by atoms with E-state index in [4.69, 9.17) is 0 Å². The second-order valence-corrected chi connectivity index (χ2v) is 4.35. The van der Waals surface area contributed by atoms with Crippen molar-refractivity contribution in [2.75, 3.05) is 0 Å². The SMILES string of the molecule is CCCCC(=O)c1ccc(-c2cccnc2)cc1. The minimum absolute atomic E-state index is 0.231. The van der Waals surface area contributed by atoms with Gasteiger partial charge in [-0.15, -0.1) is 0 Å². The Balaban J connectivity index is 2.13. The van der Waals surface area contributed by atoms with E-state index in [1.165, 1.54) is 0 Å². The molecule has 0 aliphatic rings. The topological polar surface area (TPSA) is 30.0 Å². The maximum absolute atomic E-state index is 11.8. The highest BCUT2D eigenvalue weighted by Gasteiger charge is 2.05. The van der Waals surface area contributed by atoms with E-state index >= 15 is 0 Å². The number of ketones is 1. The number of carbonyl (C=O) groups is 1. The predicted molar refractivity (Wildman–Crippen MR) is 73.5 cm³/mol. The Labute approximate surface area is 108 Å². The van der Waals surface area contributed by atoms with Crippen molar-refractivity contribution >= 4 is 5.78 Å². The minimum Gasteiger partial charge on any atom is -0.294 e. The third-order valence-electron chi connectivity index (χ3n) is 2.96. The van der Waals surface area contributed by atoms with Crippen molar-refractivity contribution in [3.05, 3.63) is 54.4 Å². The summed E-state index contributed by atoms with van der Waals surface area (Å²) >= 11 is 0. The molecule has 1 heterocycles. The van der Waals surface area contributed by atoms with E-state index in [1.807, 2.05) is 42.6 Å². The molecule has 2 aromatic rings. The Morgan fingerprint density at radius 3 is 2.50 bits per heavy atom. The lowest BCUT2D eigenvalue weighted by molar-refractivity contribution is 0.0980. The second-order valence-electron chi connectivity index (χ2n) is 4.35. The van der Waals surface area contributed by atoms with Gasteiger partial charge in [-0.3, -0.25) is 9.78 Å². The number of Topliss-reactive ketones (excluding diaryl/α,β-unsaturated/α-hetero) is 1. The molecule has 0 spiro atoms. The summed E-state index contributed by atoms with van der Waals surface area (Å²) in [5.74, 6) is 0.231. The fourth-order valence-corrected chi connectivity index (χ4v) is 1.86. The molecule has 0 amide bonds. The number of rotatable bonds is 5. The number of benzene rings is 1. The number of unbranched alkanes of at least 4 members (excludes halogenated alkanes) is 1. The van der Waals surface area contributed by atoms with Gasteiger partial charge in [0, 0.05) is 24.4 Å². The van der Waals surface area contributed by atoms with Crippen molar-refractivity contribution in [1.29, 1.82) is 0 Å². The lowest BCUT2D eigenvalue weighted by atomic mass is 10.0. The fourth-order valence-electron chi connectivity index (χ4n) is 1.86. The number of nitrogens with zero attached hydrogens (tertiary/aromatic N) is 1. The van der Waals surface area contributed by atoms with Crippen LogP contribution in [-0.4, -0.2) is 10.8 Å².